The van der Waals surface area contributed by atoms with Gasteiger partial charge in [-0.15, -0.1) is 13.2 Å². The number of rotatable bonds is 10. The summed E-state index contributed by atoms with van der Waals surface area (Å²) in [6, 6.07) is 11.7. The SMILES string of the molecule is O=C(Cn1c(CO)cnc1SCC(=O)Nc1ccc(OC(F)(F)F)cc1)NCc1ccc(Cl)cc1. The Morgan fingerprint density at radius 2 is 1.77 bits per heavy atom. The van der Waals surface area contributed by atoms with E-state index in [9.17, 15) is 27.9 Å². The van der Waals surface area contributed by atoms with E-state index in [4.69, 9.17) is 11.6 Å². The molecule has 2 aromatic carbocycles. The zero-order valence-corrected chi connectivity index (χ0v) is 19.6. The van der Waals surface area contributed by atoms with Crippen molar-refractivity contribution in [1.29, 1.82) is 0 Å². The van der Waals surface area contributed by atoms with Gasteiger partial charge in [-0.2, -0.15) is 0 Å². The Balaban J connectivity index is 1.53. The predicted molar refractivity (Wildman–Crippen MR) is 124 cm³/mol. The molecule has 0 spiro atoms. The standard InChI is InChI=1S/C22H20ClF3N4O4S/c23-15-3-1-14(2-4-15)9-27-19(32)11-30-17(12-31)10-28-21(30)35-13-20(33)29-16-5-7-18(8-6-16)34-22(24,25)26/h1-8,10,31H,9,11-13H2,(H,27,32)(H,29,33). The number of hydrogen-bond donors (Lipinski definition) is 3. The lowest BCUT2D eigenvalue weighted by atomic mass is 10.2. The van der Waals surface area contributed by atoms with Crippen LogP contribution in [0.2, 0.25) is 5.02 Å². The summed E-state index contributed by atoms with van der Waals surface area (Å²) < 4.78 is 42.0. The fourth-order valence-electron chi connectivity index (χ4n) is 2.87. The number of halogens is 4. The lowest BCUT2D eigenvalue weighted by Crippen LogP contribution is -2.28. The van der Waals surface area contributed by atoms with Crippen molar-refractivity contribution in [3.05, 3.63) is 71.0 Å². The molecule has 0 fully saturated rings. The van der Waals surface area contributed by atoms with Crippen molar-refractivity contribution in [2.75, 3.05) is 11.1 Å². The molecule has 2 amide bonds. The Labute approximate surface area is 207 Å². The van der Waals surface area contributed by atoms with Gasteiger partial charge in [0.05, 0.1) is 24.3 Å². The van der Waals surface area contributed by atoms with Crippen molar-refractivity contribution < 1.29 is 32.6 Å². The van der Waals surface area contributed by atoms with Crippen molar-refractivity contribution in [1.82, 2.24) is 14.9 Å². The van der Waals surface area contributed by atoms with Crippen LogP contribution >= 0.6 is 23.4 Å². The smallest absolute Gasteiger partial charge is 0.406 e. The molecular weight excluding hydrogens is 509 g/mol. The maximum atomic E-state index is 12.4. The number of amides is 2. The Kier molecular flexibility index (Phi) is 9.01. The van der Waals surface area contributed by atoms with Crippen LogP contribution in [0.1, 0.15) is 11.3 Å². The normalized spacial score (nSPS) is 11.2. The van der Waals surface area contributed by atoms with E-state index < -0.39 is 18.0 Å². The van der Waals surface area contributed by atoms with E-state index >= 15 is 0 Å². The van der Waals surface area contributed by atoms with Crippen LogP contribution in [0, 0.1) is 0 Å². The van der Waals surface area contributed by atoms with E-state index in [1.807, 2.05) is 0 Å². The van der Waals surface area contributed by atoms with Crippen LogP contribution in [-0.4, -0.2) is 38.6 Å². The predicted octanol–water partition coefficient (Wildman–Crippen LogP) is 3.97. The molecule has 3 aromatic rings. The number of aromatic nitrogens is 2. The Bertz CT molecular complexity index is 1160. The largest absolute Gasteiger partial charge is 0.573 e. The van der Waals surface area contributed by atoms with Crippen molar-refractivity contribution in [2.24, 2.45) is 0 Å². The van der Waals surface area contributed by atoms with Gasteiger partial charge in [-0.25, -0.2) is 4.98 Å². The van der Waals surface area contributed by atoms with E-state index in [1.54, 1.807) is 24.3 Å². The van der Waals surface area contributed by atoms with Gasteiger partial charge in [0.25, 0.3) is 0 Å². The summed E-state index contributed by atoms with van der Waals surface area (Å²) in [6.07, 6.45) is -3.39. The van der Waals surface area contributed by atoms with Crippen molar-refractivity contribution >= 4 is 40.9 Å². The van der Waals surface area contributed by atoms with E-state index in [0.717, 1.165) is 29.5 Å². The average molecular weight is 529 g/mol. The molecule has 186 valence electrons. The minimum Gasteiger partial charge on any atom is -0.406 e. The maximum Gasteiger partial charge on any atom is 0.573 e. The second-order valence-corrected chi connectivity index (χ2v) is 8.47. The summed E-state index contributed by atoms with van der Waals surface area (Å²) in [4.78, 5) is 28.9. The molecule has 8 nitrogen and oxygen atoms in total. The molecule has 1 aromatic heterocycles. The Morgan fingerprint density at radius 3 is 2.40 bits per heavy atom. The molecule has 0 bridgehead atoms. The Hall–Kier alpha value is -3.22. The van der Waals surface area contributed by atoms with E-state index in [0.29, 0.717) is 15.9 Å². The van der Waals surface area contributed by atoms with Gasteiger partial charge in [-0.1, -0.05) is 35.5 Å². The van der Waals surface area contributed by atoms with Gasteiger partial charge in [0, 0.05) is 17.3 Å². The molecule has 0 saturated carbocycles. The summed E-state index contributed by atoms with van der Waals surface area (Å²) in [6.45, 7) is -0.179. The van der Waals surface area contributed by atoms with Crippen molar-refractivity contribution in [3.63, 3.8) is 0 Å². The fraction of sp³-hybridized carbons (Fsp3) is 0.227. The highest BCUT2D eigenvalue weighted by Gasteiger charge is 2.31. The summed E-state index contributed by atoms with van der Waals surface area (Å²) in [5, 5.41) is 15.8. The monoisotopic (exact) mass is 528 g/mol. The maximum absolute atomic E-state index is 12.4. The zero-order valence-electron chi connectivity index (χ0n) is 18.0. The first-order valence-electron chi connectivity index (χ1n) is 10.1. The molecule has 0 atom stereocenters. The molecule has 0 unspecified atom stereocenters. The molecule has 0 saturated heterocycles. The number of imidazole rings is 1. The number of nitrogens with one attached hydrogen (secondary N) is 2. The van der Waals surface area contributed by atoms with Gasteiger partial charge >= 0.3 is 6.36 Å². The van der Waals surface area contributed by atoms with Gasteiger partial charge in [0.1, 0.15) is 12.3 Å². The van der Waals surface area contributed by atoms with Crippen LogP contribution in [0.25, 0.3) is 0 Å². The summed E-state index contributed by atoms with van der Waals surface area (Å²) in [5.41, 5.74) is 1.54. The van der Waals surface area contributed by atoms with Crippen LogP contribution in [0.5, 0.6) is 5.75 Å². The summed E-state index contributed by atoms with van der Waals surface area (Å²) in [5.74, 6) is -1.25. The molecule has 3 rings (SSSR count). The topological polar surface area (TPSA) is 105 Å². The molecule has 35 heavy (non-hydrogen) atoms. The summed E-state index contributed by atoms with van der Waals surface area (Å²) >= 11 is 6.89. The number of aliphatic hydroxyl groups excluding tert-OH is 1. The van der Waals surface area contributed by atoms with Crippen LogP contribution < -0.4 is 15.4 Å². The van der Waals surface area contributed by atoms with Crippen molar-refractivity contribution in [2.45, 2.75) is 31.2 Å². The number of hydrogen-bond acceptors (Lipinski definition) is 6. The van der Waals surface area contributed by atoms with Crippen LogP contribution in [0.4, 0.5) is 18.9 Å². The highest BCUT2D eigenvalue weighted by molar-refractivity contribution is 7.99. The zero-order chi connectivity index (χ0) is 25.4. The number of ether oxygens (including phenoxy) is 1. The third kappa shape index (κ3) is 8.50. The number of aliphatic hydroxyl groups is 1. The van der Waals surface area contributed by atoms with E-state index in [2.05, 4.69) is 20.4 Å². The van der Waals surface area contributed by atoms with Gasteiger partial charge in [0.2, 0.25) is 11.8 Å². The quantitative estimate of drug-likeness (QED) is 0.344. The number of benzene rings is 2. The molecule has 3 N–H and O–H groups in total. The van der Waals surface area contributed by atoms with Crippen LogP contribution in [0.15, 0.2) is 59.9 Å². The second kappa shape index (κ2) is 12.0. The third-order valence-electron chi connectivity index (χ3n) is 4.47. The average Bonchev–Trinajstić information content (AvgIpc) is 3.19. The molecule has 0 aliphatic heterocycles. The highest BCUT2D eigenvalue weighted by atomic mass is 35.5. The van der Waals surface area contributed by atoms with Crippen LogP contribution in [0.3, 0.4) is 0 Å². The first-order chi connectivity index (χ1) is 16.6. The summed E-state index contributed by atoms with van der Waals surface area (Å²) in [7, 11) is 0. The second-order valence-electron chi connectivity index (χ2n) is 7.09. The van der Waals surface area contributed by atoms with Crippen LogP contribution in [-0.2, 0) is 29.3 Å². The Morgan fingerprint density at radius 1 is 1.09 bits per heavy atom. The minimum atomic E-state index is -4.80. The third-order valence-corrected chi connectivity index (χ3v) is 5.71. The molecule has 13 heteroatoms. The number of anilines is 1. The van der Waals surface area contributed by atoms with Gasteiger partial charge in [-0.3, -0.25) is 9.59 Å². The number of carbonyl (C=O) groups excluding carboxylic acids is 2. The first-order valence-corrected chi connectivity index (χ1v) is 11.4. The molecule has 1 heterocycles. The van der Waals surface area contributed by atoms with Gasteiger partial charge in [-0.05, 0) is 42.0 Å². The highest BCUT2D eigenvalue weighted by Crippen LogP contribution is 2.24. The van der Waals surface area contributed by atoms with Crippen molar-refractivity contribution in [3.8, 4) is 5.75 Å². The number of nitrogens with zero attached hydrogens (tertiary/aromatic N) is 2. The lowest BCUT2D eigenvalue weighted by Gasteiger charge is -2.12. The molecule has 0 radical (unpaired) electrons. The first kappa shape index (κ1) is 26.4. The lowest BCUT2D eigenvalue weighted by molar-refractivity contribution is -0.274. The molecule has 0 aliphatic carbocycles. The fourth-order valence-corrected chi connectivity index (χ4v) is 3.80. The van der Waals surface area contributed by atoms with Gasteiger partial charge in [0.15, 0.2) is 5.16 Å². The van der Waals surface area contributed by atoms with E-state index in [1.165, 1.54) is 22.9 Å². The number of thioether (sulfide) groups is 1. The number of carbonyl (C=O) groups is 2. The van der Waals surface area contributed by atoms with Gasteiger partial charge < -0.3 is 25.0 Å². The van der Waals surface area contributed by atoms with E-state index in [-0.39, 0.29) is 37.0 Å². The molecular formula is C22H20ClF3N4O4S. The minimum absolute atomic E-state index is 0.0882. The molecule has 0 aliphatic rings. The number of alkyl halides is 3.